The van der Waals surface area contributed by atoms with Crippen LogP contribution in [0.25, 0.3) is 23.1 Å². The third-order valence-electron chi connectivity index (χ3n) is 5.79. The van der Waals surface area contributed by atoms with Crippen molar-refractivity contribution in [1.29, 1.82) is 0 Å². The summed E-state index contributed by atoms with van der Waals surface area (Å²) >= 11 is 0. The van der Waals surface area contributed by atoms with Gasteiger partial charge in [-0.1, -0.05) is 42.5 Å². The number of fused-ring (bicyclic) bond motifs is 2. The number of para-hydroxylation sites is 1. The normalized spacial score (nSPS) is 14.8. The number of hydrogen-bond donors (Lipinski definition) is 1. The Morgan fingerprint density at radius 1 is 1.09 bits per heavy atom. The van der Waals surface area contributed by atoms with Crippen molar-refractivity contribution >= 4 is 29.0 Å². The summed E-state index contributed by atoms with van der Waals surface area (Å²) in [6.45, 7) is 0.817. The Balaban J connectivity index is 1.28. The van der Waals surface area contributed by atoms with Crippen molar-refractivity contribution in [2.75, 3.05) is 6.61 Å². The van der Waals surface area contributed by atoms with Gasteiger partial charge in [0.05, 0.1) is 18.6 Å². The molecule has 0 saturated carbocycles. The second-order valence-electron chi connectivity index (χ2n) is 8.35. The maximum Gasteiger partial charge on any atom is 0.284 e. The predicted octanol–water partition coefficient (Wildman–Crippen LogP) is 4.72. The minimum atomic E-state index is -0.794. The first kappa shape index (κ1) is 22.6. The Kier molecular flexibility index (Phi) is 6.16. The van der Waals surface area contributed by atoms with E-state index in [1.54, 1.807) is 30.3 Å². The molecule has 35 heavy (non-hydrogen) atoms. The number of rotatable bonds is 7. The lowest BCUT2D eigenvalue weighted by atomic mass is 10.0. The van der Waals surface area contributed by atoms with Crippen molar-refractivity contribution in [2.24, 2.45) is 5.73 Å². The monoisotopic (exact) mass is 471 g/mol. The standard InChI is InChI=1S/C28H22FNO5/c29-21-9-5-18(6-10-21)15-33-16-22-13-20-12-17(7-11-25(20)34-22)4-8-19-2-1-3-23-24(31)14-26(28(30)32)35-27(19)23/h1-12,14,22H,13,15-16H2,(H2,30,32). The van der Waals surface area contributed by atoms with Crippen LogP contribution in [-0.2, 0) is 17.8 Å². The van der Waals surface area contributed by atoms with Crippen LogP contribution in [0.5, 0.6) is 5.75 Å². The van der Waals surface area contributed by atoms with Crippen LogP contribution in [0.3, 0.4) is 0 Å². The molecule has 1 aromatic heterocycles. The average molecular weight is 471 g/mol. The van der Waals surface area contributed by atoms with Crippen LogP contribution in [0.15, 0.2) is 75.9 Å². The van der Waals surface area contributed by atoms with Crippen molar-refractivity contribution in [3.63, 3.8) is 0 Å². The fraction of sp³-hybridized carbons (Fsp3) is 0.143. The number of nitrogens with two attached hydrogens (primary N) is 1. The number of primary amides is 1. The quantitative estimate of drug-likeness (QED) is 0.394. The summed E-state index contributed by atoms with van der Waals surface area (Å²) in [6, 6.07) is 18.5. The molecule has 2 heterocycles. The van der Waals surface area contributed by atoms with Gasteiger partial charge in [0.1, 0.15) is 23.3 Å². The maximum absolute atomic E-state index is 13.0. The van der Waals surface area contributed by atoms with Gasteiger partial charge in [0, 0.05) is 18.1 Å². The van der Waals surface area contributed by atoms with Gasteiger partial charge < -0.3 is 19.6 Å². The van der Waals surface area contributed by atoms with Crippen LogP contribution in [0, 0.1) is 5.82 Å². The summed E-state index contributed by atoms with van der Waals surface area (Å²) in [4.78, 5) is 23.8. The molecule has 3 aromatic carbocycles. The number of ether oxygens (including phenoxy) is 2. The molecule has 5 rings (SSSR count). The van der Waals surface area contributed by atoms with Crippen LogP contribution >= 0.6 is 0 Å². The maximum atomic E-state index is 13.0. The Labute approximate surface area is 200 Å². The van der Waals surface area contributed by atoms with Gasteiger partial charge in [0.15, 0.2) is 11.2 Å². The highest BCUT2D eigenvalue weighted by Gasteiger charge is 2.23. The zero-order chi connectivity index (χ0) is 24.4. The summed E-state index contributed by atoms with van der Waals surface area (Å²) in [5.74, 6) is -0.420. The summed E-state index contributed by atoms with van der Waals surface area (Å²) in [7, 11) is 0. The van der Waals surface area contributed by atoms with Crippen LogP contribution in [0.2, 0.25) is 0 Å². The van der Waals surface area contributed by atoms with Gasteiger partial charge >= 0.3 is 0 Å². The van der Waals surface area contributed by atoms with Gasteiger partial charge in [-0.25, -0.2) is 4.39 Å². The Morgan fingerprint density at radius 3 is 2.71 bits per heavy atom. The zero-order valence-corrected chi connectivity index (χ0v) is 18.7. The SMILES string of the molecule is NC(=O)c1cc(=O)c2cccc(C=Cc3ccc4c(c3)CC(COCc3ccc(F)cc3)O4)c2o1. The summed E-state index contributed by atoms with van der Waals surface area (Å²) in [5, 5.41) is 0.378. The molecule has 1 aliphatic rings. The van der Waals surface area contributed by atoms with E-state index in [2.05, 4.69) is 0 Å². The van der Waals surface area contributed by atoms with E-state index in [0.717, 1.165) is 28.5 Å². The molecule has 1 unspecified atom stereocenters. The number of carbonyl (C=O) groups is 1. The molecule has 6 nitrogen and oxygen atoms in total. The number of amides is 1. The highest BCUT2D eigenvalue weighted by molar-refractivity contribution is 5.94. The van der Waals surface area contributed by atoms with Crippen LogP contribution < -0.4 is 15.9 Å². The van der Waals surface area contributed by atoms with E-state index < -0.39 is 5.91 Å². The zero-order valence-electron chi connectivity index (χ0n) is 18.7. The number of carbonyl (C=O) groups excluding carboxylic acids is 1. The van der Waals surface area contributed by atoms with E-state index in [4.69, 9.17) is 19.6 Å². The Hall–Kier alpha value is -4.23. The molecular formula is C28H22FNO5. The number of benzene rings is 3. The second-order valence-corrected chi connectivity index (χ2v) is 8.35. The van der Waals surface area contributed by atoms with Crippen molar-refractivity contribution in [2.45, 2.75) is 19.1 Å². The molecule has 2 N–H and O–H groups in total. The molecule has 1 aliphatic heterocycles. The van der Waals surface area contributed by atoms with Gasteiger partial charge in [-0.2, -0.15) is 0 Å². The molecule has 176 valence electrons. The molecule has 0 fully saturated rings. The van der Waals surface area contributed by atoms with Gasteiger partial charge in [-0.3, -0.25) is 9.59 Å². The first-order valence-electron chi connectivity index (χ1n) is 11.1. The van der Waals surface area contributed by atoms with Gasteiger partial charge in [-0.05, 0) is 47.0 Å². The molecule has 0 spiro atoms. The summed E-state index contributed by atoms with van der Waals surface area (Å²) in [5.41, 5.74) is 8.87. The third-order valence-corrected chi connectivity index (χ3v) is 5.79. The predicted molar refractivity (Wildman–Crippen MR) is 131 cm³/mol. The van der Waals surface area contributed by atoms with E-state index in [1.165, 1.54) is 12.1 Å². The molecule has 0 aliphatic carbocycles. The van der Waals surface area contributed by atoms with Gasteiger partial charge in [0.25, 0.3) is 5.91 Å². The second kappa shape index (κ2) is 9.56. The van der Waals surface area contributed by atoms with Gasteiger partial charge in [0.2, 0.25) is 0 Å². The van der Waals surface area contributed by atoms with E-state index in [9.17, 15) is 14.0 Å². The lowest BCUT2D eigenvalue weighted by molar-refractivity contribution is 0.0510. The van der Waals surface area contributed by atoms with Crippen LogP contribution in [-0.4, -0.2) is 18.6 Å². The number of halogens is 1. The molecule has 1 amide bonds. The third kappa shape index (κ3) is 5.00. The molecular weight excluding hydrogens is 449 g/mol. The topological polar surface area (TPSA) is 91.8 Å². The first-order chi connectivity index (χ1) is 17.0. The van der Waals surface area contributed by atoms with Crippen LogP contribution in [0.4, 0.5) is 4.39 Å². The lowest BCUT2D eigenvalue weighted by Gasteiger charge is -2.11. The summed E-state index contributed by atoms with van der Waals surface area (Å²) < 4.78 is 30.4. The van der Waals surface area contributed by atoms with Crippen molar-refractivity contribution < 1.29 is 23.1 Å². The molecule has 0 bridgehead atoms. The molecule has 1 atom stereocenters. The highest BCUT2D eigenvalue weighted by atomic mass is 19.1. The first-order valence-corrected chi connectivity index (χ1v) is 11.1. The molecule has 0 saturated heterocycles. The number of hydrogen-bond acceptors (Lipinski definition) is 5. The molecule has 4 aromatic rings. The fourth-order valence-electron chi connectivity index (χ4n) is 4.06. The van der Waals surface area contributed by atoms with Crippen LogP contribution in [0.1, 0.15) is 32.8 Å². The Morgan fingerprint density at radius 2 is 1.91 bits per heavy atom. The van der Waals surface area contributed by atoms with Crippen molar-refractivity contribution in [3.8, 4) is 5.75 Å². The summed E-state index contributed by atoms with van der Waals surface area (Å²) in [6.07, 6.45) is 4.36. The van der Waals surface area contributed by atoms with E-state index in [0.29, 0.717) is 36.2 Å². The minimum Gasteiger partial charge on any atom is -0.487 e. The van der Waals surface area contributed by atoms with E-state index in [1.807, 2.05) is 30.4 Å². The smallest absolute Gasteiger partial charge is 0.284 e. The van der Waals surface area contributed by atoms with Crippen molar-refractivity contribution in [1.82, 2.24) is 0 Å². The lowest BCUT2D eigenvalue weighted by Crippen LogP contribution is -2.20. The van der Waals surface area contributed by atoms with Gasteiger partial charge in [-0.15, -0.1) is 0 Å². The van der Waals surface area contributed by atoms with E-state index >= 15 is 0 Å². The highest BCUT2D eigenvalue weighted by Crippen LogP contribution is 2.31. The molecule has 0 radical (unpaired) electrons. The molecule has 7 heteroatoms. The minimum absolute atomic E-state index is 0.0933. The fourth-order valence-corrected chi connectivity index (χ4v) is 4.06. The van der Waals surface area contributed by atoms with Crippen molar-refractivity contribution in [3.05, 3.63) is 111 Å². The average Bonchev–Trinajstić information content (AvgIpc) is 3.26. The van der Waals surface area contributed by atoms with E-state index in [-0.39, 0.29) is 23.1 Å². The Bertz CT molecular complexity index is 1490. The largest absolute Gasteiger partial charge is 0.487 e.